The Hall–Kier alpha value is -0.585. The van der Waals surface area contributed by atoms with Crippen molar-refractivity contribution in [3.8, 4) is 0 Å². The average Bonchev–Trinajstić information content (AvgIpc) is 2.05. The van der Waals surface area contributed by atoms with E-state index in [-0.39, 0.29) is 5.97 Å². The third-order valence-electron chi connectivity index (χ3n) is 1.11. The first-order chi connectivity index (χ1) is 6.54. The molecular formula is C8H19BO5. The Morgan fingerprint density at radius 3 is 2.14 bits per heavy atom. The number of rotatable bonds is 5. The highest BCUT2D eigenvalue weighted by Crippen LogP contribution is 1.86. The molecule has 0 bridgehead atoms. The lowest BCUT2D eigenvalue weighted by Gasteiger charge is -1.97. The Morgan fingerprint density at radius 1 is 1.36 bits per heavy atom. The second-order valence-corrected chi connectivity index (χ2v) is 2.48. The molecule has 84 valence electrons. The van der Waals surface area contributed by atoms with Crippen LogP contribution in [0.1, 0.15) is 33.6 Å². The molecule has 0 radical (unpaired) electrons. The maximum atomic E-state index is 9.82. The molecule has 6 heteroatoms. The molecule has 0 aliphatic carbocycles. The monoisotopic (exact) mass is 206 g/mol. The maximum absolute atomic E-state index is 9.82. The molecule has 0 aromatic rings. The first kappa shape index (κ1) is 15.9. The number of ether oxygens (including phenoxy) is 1. The number of unbranched alkanes of at least 4 members (excludes halogenated alkanes) is 1. The zero-order valence-corrected chi connectivity index (χ0v) is 9.02. The minimum Gasteiger partial charge on any atom is -0.466 e. The topological polar surface area (TPSA) is 76.0 Å². The van der Waals surface area contributed by atoms with E-state index in [1.165, 1.54) is 6.92 Å². The normalized spacial score (nSPS) is 8.64. The predicted molar refractivity (Wildman–Crippen MR) is 53.4 cm³/mol. The van der Waals surface area contributed by atoms with Crippen LogP contribution >= 0.6 is 0 Å². The van der Waals surface area contributed by atoms with E-state index in [1.807, 2.05) is 6.92 Å². The fraction of sp³-hybridized carbons (Fsp3) is 0.875. The van der Waals surface area contributed by atoms with Gasteiger partial charge in [0.15, 0.2) is 0 Å². The number of hydrogen-bond acceptors (Lipinski definition) is 5. The Balaban J connectivity index is 0. The Labute approximate surface area is 85.2 Å². The molecule has 2 N–H and O–H groups in total. The third-order valence-corrected chi connectivity index (χ3v) is 1.11. The molecule has 14 heavy (non-hydrogen) atoms. The van der Waals surface area contributed by atoms with Crippen LogP contribution in [0, 0.1) is 0 Å². The van der Waals surface area contributed by atoms with Gasteiger partial charge < -0.3 is 19.4 Å². The van der Waals surface area contributed by atoms with Crippen LogP contribution in [0.25, 0.3) is 0 Å². The van der Waals surface area contributed by atoms with Crippen LogP contribution in [-0.4, -0.2) is 36.6 Å². The zero-order valence-electron chi connectivity index (χ0n) is 9.02. The van der Waals surface area contributed by atoms with Crippen LogP contribution in [0.15, 0.2) is 0 Å². The highest BCUT2D eigenvalue weighted by Gasteiger charge is 2.05. The van der Waals surface area contributed by atoms with Gasteiger partial charge in [-0.3, -0.25) is 4.79 Å². The van der Waals surface area contributed by atoms with Crippen molar-refractivity contribution < 1.29 is 24.2 Å². The van der Waals surface area contributed by atoms with Crippen LogP contribution in [0.4, 0.5) is 0 Å². The van der Waals surface area contributed by atoms with Crippen LogP contribution in [0.3, 0.4) is 0 Å². The quantitative estimate of drug-likeness (QED) is 0.385. The van der Waals surface area contributed by atoms with Crippen molar-refractivity contribution in [1.29, 1.82) is 0 Å². The summed E-state index contributed by atoms with van der Waals surface area (Å²) in [5, 5.41) is 16.2. The summed E-state index contributed by atoms with van der Waals surface area (Å²) in [6.45, 7) is 6.08. The largest absolute Gasteiger partial charge is 0.633 e. The number of hydrogen-bond donors (Lipinski definition) is 2. The van der Waals surface area contributed by atoms with Gasteiger partial charge in [-0.2, -0.15) is 0 Å². The van der Waals surface area contributed by atoms with E-state index in [1.54, 1.807) is 6.92 Å². The second-order valence-electron chi connectivity index (χ2n) is 2.48. The van der Waals surface area contributed by atoms with Crippen molar-refractivity contribution in [1.82, 2.24) is 0 Å². The van der Waals surface area contributed by atoms with Crippen LogP contribution in [0.2, 0.25) is 0 Å². The molecule has 0 aromatic carbocycles. The molecule has 5 nitrogen and oxygen atoms in total. The molecule has 0 aliphatic rings. The van der Waals surface area contributed by atoms with Gasteiger partial charge in [-0.1, -0.05) is 13.3 Å². The molecule has 0 aliphatic heterocycles. The van der Waals surface area contributed by atoms with Crippen molar-refractivity contribution in [2.24, 2.45) is 0 Å². The van der Waals surface area contributed by atoms with Crippen molar-refractivity contribution in [2.75, 3.05) is 13.2 Å². The summed E-state index contributed by atoms with van der Waals surface area (Å²) in [6, 6.07) is 0. The molecule has 0 atom stereocenters. The summed E-state index contributed by atoms with van der Waals surface area (Å²) in [4.78, 5) is 9.82. The molecule has 0 fully saturated rings. The van der Waals surface area contributed by atoms with Crippen LogP contribution < -0.4 is 0 Å². The highest BCUT2D eigenvalue weighted by molar-refractivity contribution is 6.32. The van der Waals surface area contributed by atoms with Gasteiger partial charge in [0.1, 0.15) is 0 Å². The molecule has 0 amide bonds. The molecule has 0 aromatic heterocycles. The summed E-state index contributed by atoms with van der Waals surface area (Å²) in [5.74, 6) is -0.211. The van der Waals surface area contributed by atoms with Gasteiger partial charge in [-0.05, 0) is 13.3 Å². The minimum absolute atomic E-state index is 0.211. The molecule has 0 unspecified atom stereocenters. The standard InChI is InChI=1S/C4H11BO3.C4H8O2/c1-2-3-4-8-5(6)7;1-3-6-4(2)5/h6-7H,2-4H2,1H3;3H2,1-2H3. The molecule has 0 saturated heterocycles. The molecule has 0 rings (SSSR count). The summed E-state index contributed by atoms with van der Waals surface area (Å²) < 4.78 is 8.80. The van der Waals surface area contributed by atoms with E-state index < -0.39 is 7.32 Å². The van der Waals surface area contributed by atoms with Gasteiger partial charge in [0.05, 0.1) is 6.61 Å². The first-order valence-corrected chi connectivity index (χ1v) is 4.65. The summed E-state index contributed by atoms with van der Waals surface area (Å²) in [7, 11) is -1.60. The Morgan fingerprint density at radius 2 is 1.93 bits per heavy atom. The average molecular weight is 206 g/mol. The van der Waals surface area contributed by atoms with Crippen molar-refractivity contribution in [3.63, 3.8) is 0 Å². The fourth-order valence-corrected chi connectivity index (χ4v) is 0.536. The van der Waals surface area contributed by atoms with E-state index in [2.05, 4.69) is 9.39 Å². The van der Waals surface area contributed by atoms with E-state index in [9.17, 15) is 4.79 Å². The van der Waals surface area contributed by atoms with Gasteiger partial charge in [0, 0.05) is 13.5 Å². The molecule has 0 spiro atoms. The second kappa shape index (κ2) is 12.4. The van der Waals surface area contributed by atoms with Gasteiger partial charge in [0.25, 0.3) is 0 Å². The van der Waals surface area contributed by atoms with Crippen molar-refractivity contribution in [3.05, 3.63) is 0 Å². The Kier molecular flexibility index (Phi) is 14.1. The predicted octanol–water partition coefficient (Wildman–Crippen LogP) is 0.342. The van der Waals surface area contributed by atoms with Gasteiger partial charge >= 0.3 is 13.3 Å². The Bertz CT molecular complexity index is 129. The molecule has 0 saturated carbocycles. The SMILES string of the molecule is CCCCOB(O)O.CCOC(C)=O. The third kappa shape index (κ3) is 22.5. The number of carbonyl (C=O) groups excluding carboxylic acids is 1. The lowest BCUT2D eigenvalue weighted by Crippen LogP contribution is -2.17. The zero-order chi connectivity index (χ0) is 11.4. The van der Waals surface area contributed by atoms with Gasteiger partial charge in [-0.25, -0.2) is 0 Å². The summed E-state index contributed by atoms with van der Waals surface area (Å²) >= 11 is 0. The van der Waals surface area contributed by atoms with Crippen molar-refractivity contribution >= 4 is 13.3 Å². The van der Waals surface area contributed by atoms with E-state index in [0.717, 1.165) is 12.8 Å². The molecule has 0 heterocycles. The lowest BCUT2D eigenvalue weighted by molar-refractivity contribution is -0.140. The number of esters is 1. The first-order valence-electron chi connectivity index (χ1n) is 4.65. The van der Waals surface area contributed by atoms with Gasteiger partial charge in [-0.15, -0.1) is 0 Å². The minimum atomic E-state index is -1.60. The number of carbonyl (C=O) groups is 1. The van der Waals surface area contributed by atoms with Crippen LogP contribution in [-0.2, 0) is 14.2 Å². The summed E-state index contributed by atoms with van der Waals surface area (Å²) in [6.07, 6.45) is 1.88. The van der Waals surface area contributed by atoms with Gasteiger partial charge in [0.2, 0.25) is 0 Å². The van der Waals surface area contributed by atoms with Crippen molar-refractivity contribution in [2.45, 2.75) is 33.6 Å². The van der Waals surface area contributed by atoms with Crippen LogP contribution in [0.5, 0.6) is 0 Å². The lowest BCUT2D eigenvalue weighted by atomic mass is 10.2. The van der Waals surface area contributed by atoms with E-state index in [0.29, 0.717) is 13.2 Å². The van der Waals surface area contributed by atoms with E-state index in [4.69, 9.17) is 10.0 Å². The smallest absolute Gasteiger partial charge is 0.466 e. The molecular weight excluding hydrogens is 187 g/mol. The maximum Gasteiger partial charge on any atom is 0.633 e. The fourth-order valence-electron chi connectivity index (χ4n) is 0.536. The van der Waals surface area contributed by atoms with E-state index >= 15 is 0 Å². The highest BCUT2D eigenvalue weighted by atomic mass is 16.6. The summed E-state index contributed by atoms with van der Waals surface area (Å²) in [5.41, 5.74) is 0.